The van der Waals surface area contributed by atoms with Crippen molar-refractivity contribution < 1.29 is 0 Å². The maximum Gasteiger partial charge on any atom is 0.00924 e. The van der Waals surface area contributed by atoms with Gasteiger partial charge in [-0.15, -0.1) is 0 Å². The number of likely N-dealkylation sites (tertiary alicyclic amines) is 1. The lowest BCUT2D eigenvalue weighted by Gasteiger charge is -2.22. The van der Waals surface area contributed by atoms with Crippen molar-refractivity contribution in [2.24, 2.45) is 5.92 Å². The Morgan fingerprint density at radius 2 is 1.50 bits per heavy atom. The van der Waals surface area contributed by atoms with Crippen LogP contribution in [0.1, 0.15) is 29.9 Å². The molecule has 3 rings (SSSR count). The van der Waals surface area contributed by atoms with Crippen LogP contribution in [0.25, 0.3) is 0 Å². The lowest BCUT2D eigenvalue weighted by atomic mass is 9.83. The highest BCUT2D eigenvalue weighted by Gasteiger charge is 2.24. The van der Waals surface area contributed by atoms with Gasteiger partial charge in [0.2, 0.25) is 0 Å². The van der Waals surface area contributed by atoms with Crippen LogP contribution in [-0.4, -0.2) is 25.0 Å². The predicted molar refractivity (Wildman–Crippen MR) is 84.9 cm³/mol. The van der Waals surface area contributed by atoms with Crippen molar-refractivity contribution in [3.63, 3.8) is 0 Å². The second-order valence-corrected chi connectivity index (χ2v) is 6.03. The van der Waals surface area contributed by atoms with Crippen LogP contribution in [0, 0.1) is 5.92 Å². The number of benzene rings is 2. The summed E-state index contributed by atoms with van der Waals surface area (Å²) in [5.41, 5.74) is 2.90. The molecule has 1 nitrogen and oxygen atoms in total. The molecule has 2 aromatic carbocycles. The molecule has 0 radical (unpaired) electrons. The molecule has 104 valence electrons. The number of hydrogen-bond donors (Lipinski definition) is 0. The Morgan fingerprint density at radius 3 is 1.95 bits per heavy atom. The highest BCUT2D eigenvalue weighted by atomic mass is 15.1. The molecule has 0 saturated carbocycles. The van der Waals surface area contributed by atoms with E-state index in [0.717, 1.165) is 5.92 Å². The fourth-order valence-corrected chi connectivity index (χ4v) is 3.39. The third kappa shape index (κ3) is 3.10. The van der Waals surface area contributed by atoms with Gasteiger partial charge in [0.05, 0.1) is 0 Å². The lowest BCUT2D eigenvalue weighted by molar-refractivity contribution is 0.382. The Kier molecular flexibility index (Phi) is 4.17. The Morgan fingerprint density at radius 1 is 0.950 bits per heavy atom. The van der Waals surface area contributed by atoms with E-state index < -0.39 is 0 Å². The molecular weight excluding hydrogens is 242 g/mol. The molecule has 1 aliphatic heterocycles. The van der Waals surface area contributed by atoms with Gasteiger partial charge in [0, 0.05) is 12.5 Å². The molecule has 1 fully saturated rings. The summed E-state index contributed by atoms with van der Waals surface area (Å²) in [6, 6.07) is 21.9. The average Bonchev–Trinajstić information content (AvgIpc) is 2.92. The molecule has 1 heterocycles. The second-order valence-electron chi connectivity index (χ2n) is 6.03. The van der Waals surface area contributed by atoms with E-state index >= 15 is 0 Å². The molecule has 1 saturated heterocycles. The molecule has 0 bridgehead atoms. The standard InChI is InChI=1S/C19H23N/c1-20-13-12-16(15-20)14-19(17-8-4-2-5-9-17)18-10-6-3-7-11-18/h2-11,16,19H,12-15H2,1H3. The van der Waals surface area contributed by atoms with Crippen LogP contribution in [-0.2, 0) is 0 Å². The molecule has 1 heteroatoms. The molecule has 0 N–H and O–H groups in total. The van der Waals surface area contributed by atoms with E-state index in [-0.39, 0.29) is 0 Å². The second kappa shape index (κ2) is 6.23. The van der Waals surface area contributed by atoms with Gasteiger partial charge in [-0.2, -0.15) is 0 Å². The Bertz CT molecular complexity index is 480. The van der Waals surface area contributed by atoms with Crippen LogP contribution in [0.15, 0.2) is 60.7 Å². The van der Waals surface area contributed by atoms with Crippen molar-refractivity contribution >= 4 is 0 Å². The zero-order valence-corrected chi connectivity index (χ0v) is 12.2. The van der Waals surface area contributed by atoms with Gasteiger partial charge in [0.15, 0.2) is 0 Å². The van der Waals surface area contributed by atoms with Gasteiger partial charge in [-0.3, -0.25) is 0 Å². The predicted octanol–water partition coefficient (Wildman–Crippen LogP) is 4.16. The maximum atomic E-state index is 2.46. The van der Waals surface area contributed by atoms with E-state index in [2.05, 4.69) is 72.6 Å². The van der Waals surface area contributed by atoms with E-state index in [1.54, 1.807) is 0 Å². The zero-order chi connectivity index (χ0) is 13.8. The summed E-state index contributed by atoms with van der Waals surface area (Å²) in [7, 11) is 2.24. The minimum absolute atomic E-state index is 0.536. The summed E-state index contributed by atoms with van der Waals surface area (Å²) in [6.07, 6.45) is 2.60. The van der Waals surface area contributed by atoms with Gasteiger partial charge < -0.3 is 4.90 Å². The highest BCUT2D eigenvalue weighted by molar-refractivity contribution is 5.32. The monoisotopic (exact) mass is 265 g/mol. The molecule has 0 aliphatic carbocycles. The largest absolute Gasteiger partial charge is 0.306 e. The molecule has 0 aromatic heterocycles. The maximum absolute atomic E-state index is 2.46. The van der Waals surface area contributed by atoms with Gasteiger partial charge >= 0.3 is 0 Å². The average molecular weight is 265 g/mol. The molecule has 1 atom stereocenters. The molecule has 0 spiro atoms. The third-order valence-electron chi connectivity index (χ3n) is 4.46. The minimum atomic E-state index is 0.536. The summed E-state index contributed by atoms with van der Waals surface area (Å²) in [5, 5.41) is 0. The van der Waals surface area contributed by atoms with Crippen LogP contribution in [0.4, 0.5) is 0 Å². The Hall–Kier alpha value is -1.60. The molecule has 2 aromatic rings. The lowest BCUT2D eigenvalue weighted by Crippen LogP contribution is -2.15. The van der Waals surface area contributed by atoms with Crippen molar-refractivity contribution in [2.45, 2.75) is 18.8 Å². The first kappa shape index (κ1) is 13.4. The molecule has 1 aliphatic rings. The van der Waals surface area contributed by atoms with Crippen LogP contribution in [0.2, 0.25) is 0 Å². The minimum Gasteiger partial charge on any atom is -0.306 e. The first-order valence-electron chi connectivity index (χ1n) is 7.61. The Balaban J connectivity index is 1.84. The summed E-state index contributed by atoms with van der Waals surface area (Å²) in [5.74, 6) is 1.36. The molecular formula is C19H23N. The molecule has 0 amide bonds. The van der Waals surface area contributed by atoms with Crippen LogP contribution in [0.3, 0.4) is 0 Å². The van der Waals surface area contributed by atoms with E-state index in [0.29, 0.717) is 5.92 Å². The van der Waals surface area contributed by atoms with Crippen LogP contribution >= 0.6 is 0 Å². The summed E-state index contributed by atoms with van der Waals surface area (Å²) in [6.45, 7) is 2.50. The summed E-state index contributed by atoms with van der Waals surface area (Å²) < 4.78 is 0. The molecule has 20 heavy (non-hydrogen) atoms. The van der Waals surface area contributed by atoms with Crippen LogP contribution < -0.4 is 0 Å². The number of nitrogens with zero attached hydrogens (tertiary/aromatic N) is 1. The van der Waals surface area contributed by atoms with Gasteiger partial charge in [-0.05, 0) is 43.5 Å². The first-order valence-corrected chi connectivity index (χ1v) is 7.61. The van der Waals surface area contributed by atoms with Gasteiger partial charge in [0.25, 0.3) is 0 Å². The Labute approximate surface area is 122 Å². The fourth-order valence-electron chi connectivity index (χ4n) is 3.39. The van der Waals surface area contributed by atoms with Gasteiger partial charge in [-0.25, -0.2) is 0 Å². The number of rotatable bonds is 4. The van der Waals surface area contributed by atoms with Crippen molar-refractivity contribution in [2.75, 3.05) is 20.1 Å². The quantitative estimate of drug-likeness (QED) is 0.802. The topological polar surface area (TPSA) is 3.24 Å². The van der Waals surface area contributed by atoms with Crippen molar-refractivity contribution in [3.05, 3.63) is 71.8 Å². The van der Waals surface area contributed by atoms with Gasteiger partial charge in [0.1, 0.15) is 0 Å². The zero-order valence-electron chi connectivity index (χ0n) is 12.2. The summed E-state index contributed by atoms with van der Waals surface area (Å²) in [4.78, 5) is 2.46. The van der Waals surface area contributed by atoms with Crippen molar-refractivity contribution in [1.82, 2.24) is 4.90 Å². The van der Waals surface area contributed by atoms with E-state index in [4.69, 9.17) is 0 Å². The smallest absolute Gasteiger partial charge is 0.00924 e. The fraction of sp³-hybridized carbons (Fsp3) is 0.368. The highest BCUT2D eigenvalue weighted by Crippen LogP contribution is 2.33. The van der Waals surface area contributed by atoms with E-state index in [9.17, 15) is 0 Å². The first-order chi connectivity index (χ1) is 9.83. The summed E-state index contributed by atoms with van der Waals surface area (Å²) >= 11 is 0. The van der Waals surface area contributed by atoms with Crippen LogP contribution in [0.5, 0.6) is 0 Å². The van der Waals surface area contributed by atoms with Crippen molar-refractivity contribution in [1.29, 1.82) is 0 Å². The SMILES string of the molecule is CN1CCC(CC(c2ccccc2)c2ccccc2)C1. The third-order valence-corrected chi connectivity index (χ3v) is 4.46. The van der Waals surface area contributed by atoms with E-state index in [1.807, 2.05) is 0 Å². The molecule has 1 unspecified atom stereocenters. The normalized spacial score (nSPS) is 19.6. The van der Waals surface area contributed by atoms with Gasteiger partial charge in [-0.1, -0.05) is 60.7 Å². The van der Waals surface area contributed by atoms with E-state index in [1.165, 1.54) is 37.1 Å². The number of hydrogen-bond acceptors (Lipinski definition) is 1. The van der Waals surface area contributed by atoms with Crippen molar-refractivity contribution in [3.8, 4) is 0 Å².